The second-order valence-corrected chi connectivity index (χ2v) is 7.76. The van der Waals surface area contributed by atoms with Crippen molar-refractivity contribution in [3.63, 3.8) is 0 Å². The van der Waals surface area contributed by atoms with Gasteiger partial charge in [0.05, 0.1) is 6.42 Å². The lowest BCUT2D eigenvalue weighted by atomic mass is 9.99. The van der Waals surface area contributed by atoms with Crippen LogP contribution in [-0.4, -0.2) is 22.0 Å². The number of aryl methyl sites for hydroxylation is 1. The van der Waals surface area contributed by atoms with E-state index >= 15 is 0 Å². The van der Waals surface area contributed by atoms with E-state index in [2.05, 4.69) is 53.6 Å². The Labute approximate surface area is 186 Å². The highest BCUT2D eigenvalue weighted by Crippen LogP contribution is 2.27. The highest BCUT2D eigenvalue weighted by Gasteiger charge is 2.11. The molecule has 1 heterocycles. The summed E-state index contributed by atoms with van der Waals surface area (Å²) in [5, 5.41) is 12.6. The fourth-order valence-corrected chi connectivity index (χ4v) is 3.80. The average Bonchev–Trinajstić information content (AvgIpc) is 3.21. The molecule has 3 aromatic carbocycles. The molecule has 0 aliphatic rings. The van der Waals surface area contributed by atoms with Crippen molar-refractivity contribution >= 4 is 28.4 Å². The number of benzene rings is 3. The monoisotopic (exact) mass is 427 g/mol. The Morgan fingerprint density at radius 2 is 1.66 bits per heavy atom. The number of H-pyrrole nitrogens is 1. The predicted molar refractivity (Wildman–Crippen MR) is 126 cm³/mol. The summed E-state index contributed by atoms with van der Waals surface area (Å²) in [6.07, 6.45) is 4.29. The van der Waals surface area contributed by atoms with Crippen LogP contribution in [0.25, 0.3) is 22.0 Å². The minimum atomic E-state index is -0.600. The van der Waals surface area contributed by atoms with Crippen LogP contribution in [0.1, 0.15) is 34.8 Å². The smallest absolute Gasteiger partial charge is 0.274 e. The lowest BCUT2D eigenvalue weighted by Gasteiger charge is -2.07. The molecule has 4 rings (SSSR count). The molecule has 1 aromatic heterocycles. The molecule has 0 bridgehead atoms. The zero-order chi connectivity index (χ0) is 22.5. The summed E-state index contributed by atoms with van der Waals surface area (Å²) in [6, 6.07) is 21.2. The number of fused-ring (bicyclic) bond motifs is 1. The molecule has 0 radical (unpaired) electrons. The van der Waals surface area contributed by atoms with Crippen LogP contribution in [0.5, 0.6) is 0 Å². The first-order chi connectivity index (χ1) is 15.6. The van der Waals surface area contributed by atoms with Gasteiger partial charge in [-0.05, 0) is 65.1 Å². The first-order valence-electron chi connectivity index (χ1n) is 10.6. The molecule has 0 atom stereocenters. The molecule has 6 nitrogen and oxygen atoms in total. The molecule has 0 fully saturated rings. The molecule has 162 valence electrons. The summed E-state index contributed by atoms with van der Waals surface area (Å²) in [4.78, 5) is 27.3. The van der Waals surface area contributed by atoms with E-state index in [1.165, 1.54) is 17.7 Å². The van der Waals surface area contributed by atoms with Gasteiger partial charge in [-0.3, -0.25) is 14.8 Å². The van der Waals surface area contributed by atoms with Crippen LogP contribution in [0.3, 0.4) is 0 Å². The van der Waals surface area contributed by atoms with E-state index in [4.69, 9.17) is 5.21 Å². The van der Waals surface area contributed by atoms with Gasteiger partial charge in [-0.2, -0.15) is 0 Å². The lowest BCUT2D eigenvalue weighted by molar-refractivity contribution is -0.115. The minimum Gasteiger partial charge on any atom is -0.361 e. The standard InChI is InChI=1S/C26H25N3O3/c1-2-3-17-4-6-18(7-5-17)20-10-13-24-23(14-20)21(16-27-24)15-25(30)28-22-11-8-19(9-12-22)26(31)29-32/h4-14,16,27,32H,2-3,15H2,1H3,(H,28,30)(H,29,31). The van der Waals surface area contributed by atoms with Crippen molar-refractivity contribution in [3.8, 4) is 11.1 Å². The van der Waals surface area contributed by atoms with E-state index < -0.39 is 5.91 Å². The maximum Gasteiger partial charge on any atom is 0.274 e. The highest BCUT2D eigenvalue weighted by atomic mass is 16.5. The Balaban J connectivity index is 1.50. The predicted octanol–water partition coefficient (Wildman–Crippen LogP) is 5.09. The Kier molecular flexibility index (Phi) is 6.33. The number of aromatic amines is 1. The van der Waals surface area contributed by atoms with Gasteiger partial charge in [0.15, 0.2) is 0 Å². The Morgan fingerprint density at radius 3 is 2.34 bits per heavy atom. The summed E-state index contributed by atoms with van der Waals surface area (Å²) in [5.74, 6) is -0.753. The maximum absolute atomic E-state index is 12.6. The molecule has 2 amide bonds. The number of hydrogen-bond acceptors (Lipinski definition) is 3. The third-order valence-electron chi connectivity index (χ3n) is 5.48. The number of aromatic nitrogens is 1. The minimum absolute atomic E-state index is 0.153. The third kappa shape index (κ3) is 4.71. The molecular formula is C26H25N3O3. The summed E-state index contributed by atoms with van der Waals surface area (Å²) < 4.78 is 0. The fraction of sp³-hybridized carbons (Fsp3) is 0.154. The SMILES string of the molecule is CCCc1ccc(-c2ccc3[nH]cc(CC(=O)Nc4ccc(C(=O)NO)cc4)c3c2)cc1. The summed E-state index contributed by atoms with van der Waals surface area (Å²) >= 11 is 0. The molecule has 4 aromatic rings. The Hall–Kier alpha value is -3.90. The first-order valence-corrected chi connectivity index (χ1v) is 10.6. The van der Waals surface area contributed by atoms with E-state index in [0.717, 1.165) is 40.4 Å². The zero-order valence-corrected chi connectivity index (χ0v) is 17.8. The van der Waals surface area contributed by atoms with Crippen molar-refractivity contribution in [3.05, 3.63) is 89.6 Å². The van der Waals surface area contributed by atoms with Crippen LogP contribution in [0.4, 0.5) is 5.69 Å². The molecule has 0 saturated heterocycles. The fourth-order valence-electron chi connectivity index (χ4n) is 3.80. The van der Waals surface area contributed by atoms with Gasteiger partial charge in [-0.25, -0.2) is 5.48 Å². The number of carbonyl (C=O) groups excluding carboxylic acids is 2. The molecule has 6 heteroatoms. The van der Waals surface area contributed by atoms with Gasteiger partial charge in [0.1, 0.15) is 0 Å². The number of amides is 2. The van der Waals surface area contributed by atoms with Crippen molar-refractivity contribution in [1.29, 1.82) is 0 Å². The second-order valence-electron chi connectivity index (χ2n) is 7.76. The van der Waals surface area contributed by atoms with E-state index in [-0.39, 0.29) is 12.3 Å². The van der Waals surface area contributed by atoms with Crippen LogP contribution in [-0.2, 0) is 17.6 Å². The molecule has 0 aliphatic heterocycles. The van der Waals surface area contributed by atoms with Crippen molar-refractivity contribution in [2.75, 3.05) is 5.32 Å². The highest BCUT2D eigenvalue weighted by molar-refractivity contribution is 5.98. The van der Waals surface area contributed by atoms with Crippen LogP contribution in [0.2, 0.25) is 0 Å². The molecule has 0 unspecified atom stereocenters. The van der Waals surface area contributed by atoms with Gasteiger partial charge >= 0.3 is 0 Å². The van der Waals surface area contributed by atoms with Crippen LogP contribution in [0.15, 0.2) is 72.9 Å². The molecular weight excluding hydrogens is 402 g/mol. The van der Waals surface area contributed by atoms with Crippen LogP contribution < -0.4 is 10.8 Å². The molecule has 0 aliphatic carbocycles. The molecule has 0 spiro atoms. The van der Waals surface area contributed by atoms with Gasteiger partial charge < -0.3 is 10.3 Å². The third-order valence-corrected chi connectivity index (χ3v) is 5.48. The number of hydroxylamine groups is 1. The van der Waals surface area contributed by atoms with E-state index in [1.807, 2.05) is 12.3 Å². The van der Waals surface area contributed by atoms with Gasteiger partial charge in [0.2, 0.25) is 5.91 Å². The second kappa shape index (κ2) is 9.49. The maximum atomic E-state index is 12.6. The van der Waals surface area contributed by atoms with Crippen molar-refractivity contribution in [1.82, 2.24) is 10.5 Å². The zero-order valence-electron chi connectivity index (χ0n) is 17.8. The van der Waals surface area contributed by atoms with Gasteiger partial charge in [-0.15, -0.1) is 0 Å². The summed E-state index contributed by atoms with van der Waals surface area (Å²) in [5.41, 5.74) is 7.96. The molecule has 32 heavy (non-hydrogen) atoms. The number of anilines is 1. The Bertz CT molecular complexity index is 1240. The average molecular weight is 428 g/mol. The normalized spacial score (nSPS) is 10.8. The van der Waals surface area contributed by atoms with Crippen molar-refractivity contribution < 1.29 is 14.8 Å². The largest absolute Gasteiger partial charge is 0.361 e. The topological polar surface area (TPSA) is 94.2 Å². The summed E-state index contributed by atoms with van der Waals surface area (Å²) in [7, 11) is 0. The first kappa shape index (κ1) is 21.3. The van der Waals surface area contributed by atoms with Crippen molar-refractivity contribution in [2.45, 2.75) is 26.2 Å². The van der Waals surface area contributed by atoms with E-state index in [1.54, 1.807) is 17.6 Å². The van der Waals surface area contributed by atoms with Gasteiger partial charge in [-0.1, -0.05) is 43.7 Å². The molecule has 0 saturated carbocycles. The summed E-state index contributed by atoms with van der Waals surface area (Å²) in [6.45, 7) is 2.18. The quantitative estimate of drug-likeness (QED) is 0.244. The van der Waals surface area contributed by atoms with Crippen LogP contribution >= 0.6 is 0 Å². The van der Waals surface area contributed by atoms with E-state index in [9.17, 15) is 9.59 Å². The van der Waals surface area contributed by atoms with E-state index in [0.29, 0.717) is 11.3 Å². The number of hydrogen-bond donors (Lipinski definition) is 4. The lowest BCUT2D eigenvalue weighted by Crippen LogP contribution is -2.18. The van der Waals surface area contributed by atoms with Crippen LogP contribution in [0, 0.1) is 0 Å². The number of carbonyl (C=O) groups is 2. The van der Waals surface area contributed by atoms with Gasteiger partial charge in [0, 0.05) is 28.4 Å². The van der Waals surface area contributed by atoms with Crippen molar-refractivity contribution in [2.24, 2.45) is 0 Å². The number of rotatable bonds is 7. The number of nitrogens with one attached hydrogen (secondary N) is 3. The Morgan fingerprint density at radius 1 is 0.938 bits per heavy atom. The van der Waals surface area contributed by atoms with Gasteiger partial charge in [0.25, 0.3) is 5.91 Å². The molecule has 4 N–H and O–H groups in total.